The van der Waals surface area contributed by atoms with Gasteiger partial charge in [-0.05, 0) is 49.8 Å². The molecule has 0 saturated carbocycles. The van der Waals surface area contributed by atoms with E-state index < -0.39 is 23.9 Å². The number of carbonyl (C=O) groups excluding carboxylic acids is 3. The molecule has 5 N–H and O–H groups in total. The number of anilines is 1. The highest BCUT2D eigenvalue weighted by molar-refractivity contribution is 7.13. The van der Waals surface area contributed by atoms with Crippen molar-refractivity contribution in [3.63, 3.8) is 0 Å². The number of carboxylic acid groups (broad SMARTS) is 1. The molecule has 14 nitrogen and oxygen atoms in total. The summed E-state index contributed by atoms with van der Waals surface area (Å²) >= 11 is 1.28. The molecule has 2 amide bonds. The molecule has 1 fully saturated rings. The molecule has 4 heterocycles. The average Bonchev–Trinajstić information content (AvgIpc) is 3.78. The van der Waals surface area contributed by atoms with Crippen molar-refractivity contribution in [1.82, 2.24) is 25.1 Å². The Morgan fingerprint density at radius 1 is 1.15 bits per heavy atom. The van der Waals surface area contributed by atoms with Crippen LogP contribution in [-0.2, 0) is 32.1 Å². The third kappa shape index (κ3) is 9.53. The van der Waals surface area contributed by atoms with E-state index in [-0.39, 0.29) is 48.5 Å². The van der Waals surface area contributed by atoms with Gasteiger partial charge in [0.05, 0.1) is 17.8 Å². The number of hydrogen-bond acceptors (Lipinski definition) is 11. The van der Waals surface area contributed by atoms with Crippen molar-refractivity contribution in [2.75, 3.05) is 25.1 Å². The SMILES string of the molecule is N[C@H](CCC(=O)OCc1ccccc1)C(=O)NCCCc1cc(-c2nc(C(=O)Nc3cn(C4CCOCC4)nc3C(=O)O)cs2)ccn1. The molecule has 0 spiro atoms. The Bertz CT molecular complexity index is 1720. The summed E-state index contributed by atoms with van der Waals surface area (Å²) in [5, 5.41) is 21.5. The molecule has 1 aliphatic rings. The quantitative estimate of drug-likeness (QED) is 0.106. The summed E-state index contributed by atoms with van der Waals surface area (Å²) < 4.78 is 12.2. The van der Waals surface area contributed by atoms with Gasteiger partial charge in [-0.1, -0.05) is 30.3 Å². The van der Waals surface area contributed by atoms with Crippen LogP contribution in [0.15, 0.2) is 60.2 Å². The zero-order valence-corrected chi connectivity index (χ0v) is 27.0. The maximum atomic E-state index is 13.0. The van der Waals surface area contributed by atoms with E-state index in [0.717, 1.165) is 16.8 Å². The maximum absolute atomic E-state index is 13.0. The zero-order valence-electron chi connectivity index (χ0n) is 26.2. The first-order valence-electron chi connectivity index (χ1n) is 15.6. The molecule has 5 rings (SSSR count). The predicted octanol–water partition coefficient (Wildman–Crippen LogP) is 3.60. The summed E-state index contributed by atoms with van der Waals surface area (Å²) in [4.78, 5) is 58.1. The van der Waals surface area contributed by atoms with Crippen molar-refractivity contribution in [3.05, 3.63) is 82.9 Å². The molecule has 0 radical (unpaired) electrons. The number of aromatic carboxylic acids is 1. The third-order valence-corrected chi connectivity index (χ3v) is 8.59. The highest BCUT2D eigenvalue weighted by Gasteiger charge is 2.24. The Labute approximate surface area is 280 Å². The second-order valence-corrected chi connectivity index (χ2v) is 12.1. The summed E-state index contributed by atoms with van der Waals surface area (Å²) in [5.41, 5.74) is 8.42. The van der Waals surface area contributed by atoms with Crippen LogP contribution in [0, 0.1) is 0 Å². The van der Waals surface area contributed by atoms with Crippen molar-refractivity contribution < 1.29 is 33.8 Å². The lowest BCUT2D eigenvalue weighted by molar-refractivity contribution is -0.145. The molecule has 1 saturated heterocycles. The smallest absolute Gasteiger partial charge is 0.358 e. The lowest BCUT2D eigenvalue weighted by atomic mass is 10.1. The van der Waals surface area contributed by atoms with Gasteiger partial charge >= 0.3 is 11.9 Å². The highest BCUT2D eigenvalue weighted by atomic mass is 32.1. The second kappa shape index (κ2) is 16.7. The van der Waals surface area contributed by atoms with Crippen LogP contribution in [0.2, 0.25) is 0 Å². The number of nitrogens with one attached hydrogen (secondary N) is 2. The van der Waals surface area contributed by atoms with Gasteiger partial charge in [-0.25, -0.2) is 9.78 Å². The third-order valence-electron chi connectivity index (χ3n) is 7.70. The molecule has 15 heteroatoms. The fourth-order valence-corrected chi connectivity index (χ4v) is 5.85. The minimum Gasteiger partial charge on any atom is -0.476 e. The Balaban J connectivity index is 1.07. The fourth-order valence-electron chi connectivity index (χ4n) is 5.05. The summed E-state index contributed by atoms with van der Waals surface area (Å²) in [6.07, 6.45) is 6.00. The largest absolute Gasteiger partial charge is 0.476 e. The number of benzene rings is 1. The standard InChI is InChI=1S/C33H37N7O7S/c34-25(8-9-28(41)47-19-21-5-2-1-3-6-21)30(42)36-13-4-7-23-17-22(10-14-35-23)32-38-27(20-48-32)31(43)37-26-18-40(39-29(26)33(44)45)24-11-15-46-16-12-24/h1-3,5-6,10,14,17-18,20,24-25H,4,7-9,11-13,15-16,19,34H2,(H,36,42)(H,37,43)(H,44,45)/t25-/m1/s1. The molecule has 0 bridgehead atoms. The van der Waals surface area contributed by atoms with Crippen molar-refractivity contribution in [2.45, 2.75) is 57.2 Å². The van der Waals surface area contributed by atoms with Gasteiger partial charge in [-0.2, -0.15) is 5.10 Å². The van der Waals surface area contributed by atoms with E-state index in [0.29, 0.717) is 50.4 Å². The molecule has 1 atom stereocenters. The summed E-state index contributed by atoms with van der Waals surface area (Å²) in [5.74, 6) is -2.53. The number of rotatable bonds is 15. The van der Waals surface area contributed by atoms with E-state index in [1.807, 2.05) is 36.4 Å². The number of thiazole rings is 1. The number of ether oxygens (including phenoxy) is 2. The van der Waals surface area contributed by atoms with Crippen molar-refractivity contribution in [3.8, 4) is 10.6 Å². The van der Waals surface area contributed by atoms with Gasteiger partial charge in [0, 0.05) is 55.2 Å². The Morgan fingerprint density at radius 3 is 2.71 bits per heavy atom. The van der Waals surface area contributed by atoms with E-state index in [1.54, 1.807) is 28.5 Å². The van der Waals surface area contributed by atoms with Crippen LogP contribution in [0.4, 0.5) is 5.69 Å². The number of hydrogen-bond donors (Lipinski definition) is 4. The predicted molar refractivity (Wildman–Crippen MR) is 176 cm³/mol. The molecule has 252 valence electrons. The number of esters is 1. The van der Waals surface area contributed by atoms with Gasteiger partial charge < -0.3 is 30.9 Å². The number of pyridine rings is 1. The Kier molecular flexibility index (Phi) is 12.0. The van der Waals surface area contributed by atoms with Gasteiger partial charge in [-0.15, -0.1) is 11.3 Å². The first kappa shape index (κ1) is 34.3. The number of amides is 2. The lowest BCUT2D eigenvalue weighted by Crippen LogP contribution is -2.41. The number of aromatic nitrogens is 4. The van der Waals surface area contributed by atoms with Crippen LogP contribution in [0.5, 0.6) is 0 Å². The molecular weight excluding hydrogens is 638 g/mol. The van der Waals surface area contributed by atoms with E-state index in [2.05, 4.69) is 25.7 Å². The number of aryl methyl sites for hydroxylation is 1. The topological polar surface area (TPSA) is 201 Å². The van der Waals surface area contributed by atoms with Crippen LogP contribution in [-0.4, -0.2) is 74.4 Å². The van der Waals surface area contributed by atoms with Crippen molar-refractivity contribution in [2.24, 2.45) is 5.73 Å². The zero-order chi connectivity index (χ0) is 33.9. The van der Waals surface area contributed by atoms with E-state index >= 15 is 0 Å². The first-order valence-corrected chi connectivity index (χ1v) is 16.5. The first-order chi connectivity index (χ1) is 23.3. The van der Waals surface area contributed by atoms with Gasteiger partial charge in [0.2, 0.25) is 5.91 Å². The lowest BCUT2D eigenvalue weighted by Gasteiger charge is -2.22. The van der Waals surface area contributed by atoms with Crippen molar-refractivity contribution >= 4 is 40.8 Å². The van der Waals surface area contributed by atoms with Crippen LogP contribution in [0.25, 0.3) is 10.6 Å². The second-order valence-electron chi connectivity index (χ2n) is 11.2. The van der Waals surface area contributed by atoms with Crippen molar-refractivity contribution in [1.29, 1.82) is 0 Å². The number of carbonyl (C=O) groups is 4. The molecule has 0 aliphatic carbocycles. The number of carboxylic acids is 1. The van der Waals surface area contributed by atoms with E-state index in [4.69, 9.17) is 15.2 Å². The van der Waals surface area contributed by atoms with Crippen LogP contribution >= 0.6 is 11.3 Å². The van der Waals surface area contributed by atoms with Crippen LogP contribution < -0.4 is 16.4 Å². The molecule has 48 heavy (non-hydrogen) atoms. The molecule has 1 aromatic carbocycles. The maximum Gasteiger partial charge on any atom is 0.358 e. The van der Waals surface area contributed by atoms with Gasteiger partial charge in [0.1, 0.15) is 17.3 Å². The number of nitrogens with zero attached hydrogens (tertiary/aromatic N) is 4. The van der Waals surface area contributed by atoms with Gasteiger partial charge in [-0.3, -0.25) is 24.0 Å². The highest BCUT2D eigenvalue weighted by Crippen LogP contribution is 2.27. The summed E-state index contributed by atoms with van der Waals surface area (Å²) in [6.45, 7) is 1.68. The molecule has 0 unspecified atom stereocenters. The summed E-state index contributed by atoms with van der Waals surface area (Å²) in [7, 11) is 0. The Morgan fingerprint density at radius 2 is 1.94 bits per heavy atom. The normalized spacial score (nSPS) is 13.9. The molecule has 3 aromatic heterocycles. The molecule has 1 aliphatic heterocycles. The Hall–Kier alpha value is -4.99. The van der Waals surface area contributed by atoms with E-state index in [1.165, 1.54) is 11.3 Å². The average molecular weight is 676 g/mol. The minimum absolute atomic E-state index is 0.00359. The minimum atomic E-state index is -1.24. The fraction of sp³-hybridized carbons (Fsp3) is 0.364. The van der Waals surface area contributed by atoms with Crippen LogP contribution in [0.3, 0.4) is 0 Å². The van der Waals surface area contributed by atoms with Gasteiger partial charge in [0.15, 0.2) is 5.69 Å². The molecular formula is C33H37N7O7S. The number of nitrogens with two attached hydrogens (primary N) is 1. The molecule has 4 aromatic rings. The van der Waals surface area contributed by atoms with Gasteiger partial charge in [0.25, 0.3) is 5.91 Å². The van der Waals surface area contributed by atoms with E-state index in [9.17, 15) is 24.3 Å². The monoisotopic (exact) mass is 675 g/mol. The summed E-state index contributed by atoms with van der Waals surface area (Å²) in [6, 6.07) is 12.2. The van der Waals surface area contributed by atoms with Crippen LogP contribution in [0.1, 0.15) is 70.4 Å².